The predicted molar refractivity (Wildman–Crippen MR) is 164 cm³/mol. The molecule has 0 aromatic heterocycles. The number of unbranched alkanes of at least 4 members (excludes halogenated alkanes) is 6. The zero-order chi connectivity index (χ0) is 30.4. The summed E-state index contributed by atoms with van der Waals surface area (Å²) in [7, 11) is -4.40. The van der Waals surface area contributed by atoms with E-state index in [9.17, 15) is 24.2 Å². The van der Waals surface area contributed by atoms with Crippen molar-refractivity contribution >= 4 is 19.7 Å². The number of aliphatic hydroxyl groups is 1. The topological polar surface area (TPSA) is 131 Å². The van der Waals surface area contributed by atoms with E-state index in [1.165, 1.54) is 0 Å². The van der Waals surface area contributed by atoms with Crippen LogP contribution in [0.2, 0.25) is 0 Å². The highest BCUT2D eigenvalue weighted by Gasteiger charge is 2.23. The number of allylic oxidation sites excluding steroid dienone is 8. The van der Waals surface area contributed by atoms with E-state index in [2.05, 4.69) is 67.8 Å². The third-order valence-electron chi connectivity index (χ3n) is 5.77. The molecule has 2 unspecified atom stereocenters. The van der Waals surface area contributed by atoms with E-state index in [0.717, 1.165) is 70.6 Å². The molecular formula is C31H54NO8P. The Kier molecular flexibility index (Phi) is 26.7. The lowest BCUT2D eigenvalue weighted by Gasteiger charge is -2.15. The quantitative estimate of drug-likeness (QED) is 0.0404. The molecule has 1 amide bonds. The average Bonchev–Trinajstić information content (AvgIpc) is 2.95. The number of carbonyl (C=O) groups is 2. The monoisotopic (exact) mass is 599 g/mol. The Morgan fingerprint density at radius 2 is 1.39 bits per heavy atom. The van der Waals surface area contributed by atoms with E-state index in [4.69, 9.17) is 13.8 Å². The number of phosphoric ester groups is 1. The van der Waals surface area contributed by atoms with Crippen LogP contribution in [0.25, 0.3) is 0 Å². The van der Waals surface area contributed by atoms with Crippen molar-refractivity contribution in [1.29, 1.82) is 0 Å². The number of aliphatic hydroxyl groups excluding tert-OH is 1. The smallest absolute Gasteiger partial charge is 0.463 e. The fourth-order valence-corrected chi connectivity index (χ4v) is 4.24. The van der Waals surface area contributed by atoms with E-state index in [-0.39, 0.29) is 32.1 Å². The lowest BCUT2D eigenvalue weighted by Crippen LogP contribution is -2.27. The summed E-state index contributed by atoms with van der Waals surface area (Å²) in [5, 5.41) is 12.5. The van der Waals surface area contributed by atoms with E-state index < -0.39 is 26.5 Å². The van der Waals surface area contributed by atoms with Gasteiger partial charge in [-0.1, -0.05) is 88.1 Å². The molecule has 0 bridgehead atoms. The van der Waals surface area contributed by atoms with Gasteiger partial charge >= 0.3 is 13.8 Å². The number of hydrogen-bond acceptors (Lipinski definition) is 7. The second kappa shape index (κ2) is 28.1. The molecule has 0 aliphatic heterocycles. The van der Waals surface area contributed by atoms with Crippen LogP contribution in [0.15, 0.2) is 48.6 Å². The molecule has 0 fully saturated rings. The van der Waals surface area contributed by atoms with E-state index >= 15 is 0 Å². The molecular weight excluding hydrogens is 545 g/mol. The van der Waals surface area contributed by atoms with Crippen LogP contribution in [0.4, 0.5) is 0 Å². The number of amides is 1. The third-order valence-corrected chi connectivity index (χ3v) is 6.76. The zero-order valence-corrected chi connectivity index (χ0v) is 26.1. The average molecular weight is 600 g/mol. The highest BCUT2D eigenvalue weighted by atomic mass is 31.2. The van der Waals surface area contributed by atoms with Crippen LogP contribution in [-0.2, 0) is 27.9 Å². The summed E-state index contributed by atoms with van der Waals surface area (Å²) in [6.07, 6.45) is 28.0. The molecule has 2 atom stereocenters. The first-order valence-corrected chi connectivity index (χ1v) is 16.6. The Balaban J connectivity index is 3.76. The molecule has 236 valence electrons. The number of rotatable bonds is 27. The zero-order valence-electron chi connectivity index (χ0n) is 25.2. The Morgan fingerprint density at radius 1 is 0.780 bits per heavy atom. The Labute approximate surface area is 247 Å². The van der Waals surface area contributed by atoms with Gasteiger partial charge in [-0.05, 0) is 51.4 Å². The lowest BCUT2D eigenvalue weighted by atomic mass is 10.1. The highest BCUT2D eigenvalue weighted by molar-refractivity contribution is 7.47. The standard InChI is InChI=1S/C31H54NO8P/c1-3-5-7-9-10-11-12-13-14-15-16-17-18-20-22-24-31(35)38-27-29(33)28-40-41(36,37)39-26-25-32-30(34)23-21-19-8-6-4-2/h5,7,10-11,13-14,16-17,29,33H,3-4,6,8-9,12,15,18-28H2,1-2H3,(H,32,34)(H,36,37)/b7-5-,11-10-,14-13-,17-16-. The second-order valence-electron chi connectivity index (χ2n) is 9.70. The molecule has 41 heavy (non-hydrogen) atoms. The van der Waals surface area contributed by atoms with Gasteiger partial charge in [0.1, 0.15) is 12.7 Å². The molecule has 0 radical (unpaired) electrons. The van der Waals surface area contributed by atoms with Gasteiger partial charge in [0, 0.05) is 19.4 Å². The van der Waals surface area contributed by atoms with Crippen molar-refractivity contribution < 1.29 is 37.9 Å². The maximum absolute atomic E-state index is 11.9. The summed E-state index contributed by atoms with van der Waals surface area (Å²) < 4.78 is 26.4. The van der Waals surface area contributed by atoms with Crippen molar-refractivity contribution in [3.8, 4) is 0 Å². The van der Waals surface area contributed by atoms with Gasteiger partial charge in [-0.2, -0.15) is 0 Å². The minimum absolute atomic E-state index is 0.0736. The van der Waals surface area contributed by atoms with Crippen molar-refractivity contribution in [2.45, 2.75) is 110 Å². The van der Waals surface area contributed by atoms with Crippen LogP contribution < -0.4 is 5.32 Å². The van der Waals surface area contributed by atoms with Crippen molar-refractivity contribution in [3.63, 3.8) is 0 Å². The Morgan fingerprint density at radius 3 is 2.05 bits per heavy atom. The highest BCUT2D eigenvalue weighted by Crippen LogP contribution is 2.42. The Hall–Kier alpha value is -2.03. The van der Waals surface area contributed by atoms with Crippen molar-refractivity contribution in [3.05, 3.63) is 48.6 Å². The van der Waals surface area contributed by atoms with Crippen molar-refractivity contribution in [2.75, 3.05) is 26.4 Å². The largest absolute Gasteiger partial charge is 0.472 e. The van der Waals surface area contributed by atoms with Crippen LogP contribution in [-0.4, -0.2) is 54.3 Å². The van der Waals surface area contributed by atoms with Gasteiger partial charge in [-0.15, -0.1) is 0 Å². The molecule has 0 saturated carbocycles. The van der Waals surface area contributed by atoms with Gasteiger partial charge in [-0.25, -0.2) is 4.57 Å². The molecule has 9 nitrogen and oxygen atoms in total. The van der Waals surface area contributed by atoms with Gasteiger partial charge in [-0.3, -0.25) is 18.6 Å². The van der Waals surface area contributed by atoms with Gasteiger partial charge in [0.15, 0.2) is 0 Å². The normalized spacial score (nSPS) is 14.3. The molecule has 3 N–H and O–H groups in total. The molecule has 0 aromatic carbocycles. The first-order valence-electron chi connectivity index (χ1n) is 15.1. The van der Waals surface area contributed by atoms with Gasteiger partial charge in [0.05, 0.1) is 13.2 Å². The van der Waals surface area contributed by atoms with Crippen LogP contribution in [0.1, 0.15) is 104 Å². The number of nitrogens with one attached hydrogen (secondary N) is 1. The number of ether oxygens (including phenoxy) is 1. The first kappa shape index (κ1) is 39.0. The van der Waals surface area contributed by atoms with E-state index in [0.29, 0.717) is 12.8 Å². The number of phosphoric acid groups is 1. The summed E-state index contributed by atoms with van der Waals surface area (Å²) in [6, 6.07) is 0. The molecule has 0 aromatic rings. The third kappa shape index (κ3) is 29.3. The van der Waals surface area contributed by atoms with Gasteiger partial charge in [0.2, 0.25) is 5.91 Å². The van der Waals surface area contributed by atoms with Crippen molar-refractivity contribution in [2.24, 2.45) is 0 Å². The van der Waals surface area contributed by atoms with E-state index in [1.807, 2.05) is 0 Å². The summed E-state index contributed by atoms with van der Waals surface area (Å²) in [4.78, 5) is 33.3. The lowest BCUT2D eigenvalue weighted by molar-refractivity contribution is -0.147. The fourth-order valence-electron chi connectivity index (χ4n) is 3.48. The summed E-state index contributed by atoms with van der Waals surface area (Å²) in [5.74, 6) is -0.579. The fraction of sp³-hybridized carbons (Fsp3) is 0.677. The molecule has 0 saturated heterocycles. The summed E-state index contributed by atoms with van der Waals surface area (Å²) in [6.45, 7) is 3.25. The van der Waals surface area contributed by atoms with Crippen LogP contribution >= 0.6 is 7.82 Å². The number of hydrogen-bond donors (Lipinski definition) is 3. The summed E-state index contributed by atoms with van der Waals surface area (Å²) >= 11 is 0. The van der Waals surface area contributed by atoms with Crippen molar-refractivity contribution in [1.82, 2.24) is 5.32 Å². The first-order chi connectivity index (χ1) is 19.8. The maximum atomic E-state index is 11.9. The molecule has 10 heteroatoms. The van der Waals surface area contributed by atoms with Crippen LogP contribution in [0.3, 0.4) is 0 Å². The van der Waals surface area contributed by atoms with Gasteiger partial charge < -0.3 is 20.1 Å². The molecule has 0 rings (SSSR count). The maximum Gasteiger partial charge on any atom is 0.472 e. The number of esters is 1. The Bertz CT molecular complexity index is 825. The molecule has 0 aliphatic carbocycles. The number of carbonyl (C=O) groups excluding carboxylic acids is 2. The molecule has 0 spiro atoms. The predicted octanol–water partition coefficient (Wildman–Crippen LogP) is 6.87. The van der Waals surface area contributed by atoms with E-state index in [1.54, 1.807) is 0 Å². The minimum Gasteiger partial charge on any atom is -0.463 e. The van der Waals surface area contributed by atoms with Crippen LogP contribution in [0.5, 0.6) is 0 Å². The van der Waals surface area contributed by atoms with Gasteiger partial charge in [0.25, 0.3) is 0 Å². The summed E-state index contributed by atoms with van der Waals surface area (Å²) in [5.41, 5.74) is 0. The SMILES string of the molecule is CC/C=C\C/C=C\C/C=C\C/C=C\CCCCC(=O)OCC(O)COP(=O)(O)OCCNC(=O)CCCCCCC. The second-order valence-corrected chi connectivity index (χ2v) is 11.1. The minimum atomic E-state index is -4.40. The molecule has 0 heterocycles. The molecule has 0 aliphatic rings. The van der Waals surface area contributed by atoms with Crippen LogP contribution in [0, 0.1) is 0 Å².